The molecule has 0 radical (unpaired) electrons. The van der Waals surface area contributed by atoms with E-state index < -0.39 is 0 Å². The molecule has 1 aromatic heterocycles. The smallest absolute Gasteiger partial charge is 0.222 e. The van der Waals surface area contributed by atoms with Crippen LogP contribution in [0.25, 0.3) is 0 Å². The molecule has 0 saturated carbocycles. The fourth-order valence-electron chi connectivity index (χ4n) is 2.27. The summed E-state index contributed by atoms with van der Waals surface area (Å²) in [6.45, 7) is 3.41. The topological polar surface area (TPSA) is 58.2 Å². The Kier molecular flexibility index (Phi) is 5.72. The van der Waals surface area contributed by atoms with Crippen LogP contribution in [-0.4, -0.2) is 11.8 Å². The fraction of sp³-hybridized carbons (Fsp3) is 0.294. The van der Waals surface area contributed by atoms with Crippen molar-refractivity contribution in [3.8, 4) is 0 Å². The van der Waals surface area contributed by atoms with Crippen molar-refractivity contribution in [3.05, 3.63) is 58.3 Å². The van der Waals surface area contributed by atoms with Crippen molar-refractivity contribution >= 4 is 23.2 Å². The Hall–Kier alpha value is -2.14. The number of carbonyl (C=O) groups excluding carboxylic acids is 2. The zero-order valence-corrected chi connectivity index (χ0v) is 13.5. The summed E-state index contributed by atoms with van der Waals surface area (Å²) >= 11 is 1.54. The number of rotatable bonds is 6. The zero-order chi connectivity index (χ0) is 15.9. The average Bonchev–Trinajstić information content (AvgIpc) is 3.01. The molecule has 2 N–H and O–H groups in total. The van der Waals surface area contributed by atoms with Gasteiger partial charge in [0.1, 0.15) is 0 Å². The maximum absolute atomic E-state index is 12.3. The van der Waals surface area contributed by atoms with Crippen molar-refractivity contribution < 1.29 is 9.59 Å². The van der Waals surface area contributed by atoms with Crippen LogP contribution in [0.2, 0.25) is 0 Å². The summed E-state index contributed by atoms with van der Waals surface area (Å²) < 4.78 is 0. The highest BCUT2D eigenvalue weighted by Crippen LogP contribution is 2.22. The Morgan fingerprint density at radius 3 is 2.41 bits per heavy atom. The molecule has 5 heteroatoms. The SMILES string of the molecule is CC(=O)N[C@@H](CC(=O)N[C@H](C)c1ccccc1)c1cccs1. The molecule has 116 valence electrons. The van der Waals surface area contributed by atoms with Gasteiger partial charge in [-0.05, 0) is 23.9 Å². The van der Waals surface area contributed by atoms with Crippen LogP contribution in [0.1, 0.15) is 42.8 Å². The molecule has 0 saturated heterocycles. The molecule has 1 aromatic carbocycles. The minimum absolute atomic E-state index is 0.0602. The Bertz CT molecular complexity index is 611. The second kappa shape index (κ2) is 7.75. The van der Waals surface area contributed by atoms with E-state index in [1.165, 1.54) is 18.3 Å². The summed E-state index contributed by atoms with van der Waals surface area (Å²) in [6.07, 6.45) is 0.233. The van der Waals surface area contributed by atoms with E-state index in [1.54, 1.807) is 0 Å². The standard InChI is InChI=1S/C17H20N2O2S/c1-12(14-7-4-3-5-8-14)18-17(21)11-15(19-13(2)20)16-9-6-10-22-16/h3-10,12,15H,11H2,1-2H3,(H,18,21)(H,19,20)/t12-,15+/m1/s1. The molecule has 0 spiro atoms. The van der Waals surface area contributed by atoms with Gasteiger partial charge in [-0.25, -0.2) is 0 Å². The van der Waals surface area contributed by atoms with Gasteiger partial charge in [-0.2, -0.15) is 0 Å². The van der Waals surface area contributed by atoms with Gasteiger partial charge in [0.05, 0.1) is 18.5 Å². The first-order valence-electron chi connectivity index (χ1n) is 7.21. The van der Waals surface area contributed by atoms with Gasteiger partial charge in [-0.15, -0.1) is 11.3 Å². The second-order valence-corrected chi connectivity index (χ2v) is 6.15. The Morgan fingerprint density at radius 1 is 1.09 bits per heavy atom. The number of carbonyl (C=O) groups is 2. The third-order valence-corrected chi connectivity index (χ3v) is 4.32. The van der Waals surface area contributed by atoms with Crippen molar-refractivity contribution in [2.45, 2.75) is 32.4 Å². The fourth-order valence-corrected chi connectivity index (χ4v) is 3.05. The molecule has 1 heterocycles. The molecule has 4 nitrogen and oxygen atoms in total. The maximum Gasteiger partial charge on any atom is 0.222 e. The molecule has 0 unspecified atom stereocenters. The molecule has 2 atom stereocenters. The van der Waals surface area contributed by atoms with Crippen molar-refractivity contribution in [3.63, 3.8) is 0 Å². The minimum atomic E-state index is -0.277. The van der Waals surface area contributed by atoms with Gasteiger partial charge in [0.15, 0.2) is 0 Å². The number of thiophene rings is 1. The van der Waals surface area contributed by atoms with Gasteiger partial charge in [-0.3, -0.25) is 9.59 Å². The third kappa shape index (κ3) is 4.70. The highest BCUT2D eigenvalue weighted by Gasteiger charge is 2.19. The summed E-state index contributed by atoms with van der Waals surface area (Å²) in [6, 6.07) is 13.3. The van der Waals surface area contributed by atoms with Crippen LogP contribution in [0.3, 0.4) is 0 Å². The average molecular weight is 316 g/mol. The van der Waals surface area contributed by atoms with Crippen LogP contribution in [-0.2, 0) is 9.59 Å². The molecule has 2 aromatic rings. The van der Waals surface area contributed by atoms with Crippen molar-refractivity contribution in [2.24, 2.45) is 0 Å². The normalized spacial score (nSPS) is 13.2. The van der Waals surface area contributed by atoms with Crippen LogP contribution in [0.4, 0.5) is 0 Å². The summed E-state index contributed by atoms with van der Waals surface area (Å²) in [5.41, 5.74) is 1.06. The van der Waals surface area contributed by atoms with Crippen LogP contribution in [0.5, 0.6) is 0 Å². The van der Waals surface area contributed by atoms with Crippen LogP contribution < -0.4 is 10.6 Å². The first-order chi connectivity index (χ1) is 10.6. The number of hydrogen-bond donors (Lipinski definition) is 2. The third-order valence-electron chi connectivity index (χ3n) is 3.33. The predicted octanol–water partition coefficient (Wildman–Crippen LogP) is 3.19. The molecule has 2 amide bonds. The molecule has 22 heavy (non-hydrogen) atoms. The largest absolute Gasteiger partial charge is 0.350 e. The van der Waals surface area contributed by atoms with Gasteiger partial charge >= 0.3 is 0 Å². The summed E-state index contributed by atoms with van der Waals surface area (Å²) in [4.78, 5) is 24.6. The van der Waals surface area contributed by atoms with Gasteiger partial charge < -0.3 is 10.6 Å². The van der Waals surface area contributed by atoms with E-state index in [-0.39, 0.29) is 30.3 Å². The zero-order valence-electron chi connectivity index (χ0n) is 12.7. The van der Waals surface area contributed by atoms with E-state index >= 15 is 0 Å². The monoisotopic (exact) mass is 316 g/mol. The minimum Gasteiger partial charge on any atom is -0.350 e. The van der Waals surface area contributed by atoms with Crippen LogP contribution in [0, 0.1) is 0 Å². The van der Waals surface area contributed by atoms with Crippen molar-refractivity contribution in [1.82, 2.24) is 10.6 Å². The van der Waals surface area contributed by atoms with E-state index in [0.29, 0.717) is 0 Å². The number of amides is 2. The van der Waals surface area contributed by atoms with E-state index in [4.69, 9.17) is 0 Å². The molecule has 0 bridgehead atoms. The molecule has 0 aliphatic carbocycles. The van der Waals surface area contributed by atoms with Crippen LogP contribution >= 0.6 is 11.3 Å². The van der Waals surface area contributed by atoms with Gasteiger partial charge in [0, 0.05) is 11.8 Å². The van der Waals surface area contributed by atoms with Crippen molar-refractivity contribution in [2.75, 3.05) is 0 Å². The van der Waals surface area contributed by atoms with Crippen LogP contribution in [0.15, 0.2) is 47.8 Å². The lowest BCUT2D eigenvalue weighted by molar-refractivity contribution is -0.123. The molecule has 0 fully saturated rings. The number of benzene rings is 1. The van der Waals surface area contributed by atoms with E-state index in [9.17, 15) is 9.59 Å². The van der Waals surface area contributed by atoms with E-state index in [1.807, 2.05) is 54.8 Å². The summed E-state index contributed by atoms with van der Waals surface area (Å²) in [7, 11) is 0. The molecular formula is C17H20N2O2S. The maximum atomic E-state index is 12.3. The van der Waals surface area contributed by atoms with Gasteiger partial charge in [-0.1, -0.05) is 36.4 Å². The Labute approximate surface area is 134 Å². The van der Waals surface area contributed by atoms with Gasteiger partial charge in [0.2, 0.25) is 11.8 Å². The lowest BCUT2D eigenvalue weighted by Gasteiger charge is -2.19. The quantitative estimate of drug-likeness (QED) is 0.860. The Morgan fingerprint density at radius 2 is 1.82 bits per heavy atom. The van der Waals surface area contributed by atoms with Crippen molar-refractivity contribution in [1.29, 1.82) is 0 Å². The summed E-state index contributed by atoms with van der Waals surface area (Å²) in [5, 5.41) is 7.75. The van der Waals surface area contributed by atoms with Gasteiger partial charge in [0.25, 0.3) is 0 Å². The Balaban J connectivity index is 1.98. The first kappa shape index (κ1) is 16.2. The highest BCUT2D eigenvalue weighted by molar-refractivity contribution is 7.10. The molecular weight excluding hydrogens is 296 g/mol. The highest BCUT2D eigenvalue weighted by atomic mass is 32.1. The molecule has 2 rings (SSSR count). The lowest BCUT2D eigenvalue weighted by Crippen LogP contribution is -2.33. The first-order valence-corrected chi connectivity index (χ1v) is 8.09. The number of nitrogens with one attached hydrogen (secondary N) is 2. The summed E-state index contributed by atoms with van der Waals surface area (Å²) in [5.74, 6) is -0.217. The molecule has 0 aliphatic heterocycles. The predicted molar refractivity (Wildman–Crippen MR) is 88.5 cm³/mol. The van der Waals surface area contributed by atoms with E-state index in [2.05, 4.69) is 10.6 Å². The second-order valence-electron chi connectivity index (χ2n) is 5.17. The molecule has 0 aliphatic rings. The van der Waals surface area contributed by atoms with E-state index in [0.717, 1.165) is 10.4 Å². The lowest BCUT2D eigenvalue weighted by atomic mass is 10.1. The number of hydrogen-bond acceptors (Lipinski definition) is 3.